The highest BCUT2D eigenvalue weighted by Gasteiger charge is 2.50. The molecule has 0 amide bonds. The molecule has 1 unspecified atom stereocenters. The summed E-state index contributed by atoms with van der Waals surface area (Å²) in [5.41, 5.74) is -0.182. The first-order valence-electron chi connectivity index (χ1n) is 4.96. The topological polar surface area (TPSA) is 38.3 Å². The molecular formula is C10H19NO2. The molecular weight excluding hydrogens is 166 g/mol. The van der Waals surface area contributed by atoms with E-state index in [4.69, 9.17) is 4.74 Å². The number of ether oxygens (including phenoxy) is 1. The Morgan fingerprint density at radius 1 is 1.62 bits per heavy atom. The smallest absolute Gasteiger partial charge is 0.313 e. The zero-order chi connectivity index (χ0) is 9.90. The number of carbonyl (C=O) groups excluding carboxylic acids is 1. The summed E-state index contributed by atoms with van der Waals surface area (Å²) >= 11 is 0. The third kappa shape index (κ3) is 2.44. The molecule has 1 N–H and O–H groups in total. The molecule has 0 heterocycles. The molecule has 76 valence electrons. The van der Waals surface area contributed by atoms with E-state index in [0.717, 1.165) is 25.8 Å². The van der Waals surface area contributed by atoms with Gasteiger partial charge in [0.1, 0.15) is 0 Å². The van der Waals surface area contributed by atoms with E-state index in [-0.39, 0.29) is 11.4 Å². The van der Waals surface area contributed by atoms with Crippen LogP contribution in [0.3, 0.4) is 0 Å². The van der Waals surface area contributed by atoms with Gasteiger partial charge in [0.05, 0.1) is 12.5 Å². The van der Waals surface area contributed by atoms with Gasteiger partial charge in [0.2, 0.25) is 0 Å². The van der Waals surface area contributed by atoms with Crippen LogP contribution < -0.4 is 5.32 Å². The van der Waals surface area contributed by atoms with Crippen molar-refractivity contribution < 1.29 is 9.53 Å². The maximum atomic E-state index is 11.3. The summed E-state index contributed by atoms with van der Waals surface area (Å²) in [5.74, 6) is -0.0525. The number of hydrogen-bond acceptors (Lipinski definition) is 3. The largest absolute Gasteiger partial charge is 0.469 e. The summed E-state index contributed by atoms with van der Waals surface area (Å²) in [7, 11) is 1.46. The van der Waals surface area contributed by atoms with Crippen LogP contribution in [0.15, 0.2) is 0 Å². The van der Waals surface area contributed by atoms with Gasteiger partial charge in [0, 0.05) is 12.6 Å². The summed E-state index contributed by atoms with van der Waals surface area (Å²) in [6, 6.07) is 0.488. The molecule has 0 radical (unpaired) electrons. The van der Waals surface area contributed by atoms with Crippen molar-refractivity contribution in [2.24, 2.45) is 5.41 Å². The van der Waals surface area contributed by atoms with Crippen LogP contribution in [0.2, 0.25) is 0 Å². The Kier molecular flexibility index (Phi) is 3.31. The van der Waals surface area contributed by atoms with E-state index in [0.29, 0.717) is 6.04 Å². The summed E-state index contributed by atoms with van der Waals surface area (Å²) in [4.78, 5) is 11.3. The first kappa shape index (κ1) is 10.5. The Balaban J connectivity index is 2.31. The highest BCUT2D eigenvalue weighted by molar-refractivity contribution is 5.80. The number of esters is 1. The van der Waals surface area contributed by atoms with Crippen LogP contribution in [0.25, 0.3) is 0 Å². The lowest BCUT2D eigenvalue weighted by molar-refractivity contribution is -0.146. The van der Waals surface area contributed by atoms with Crippen LogP contribution in [-0.2, 0) is 9.53 Å². The summed E-state index contributed by atoms with van der Waals surface area (Å²) in [6.07, 6.45) is 3.05. The number of carbonyl (C=O) groups is 1. The van der Waals surface area contributed by atoms with Crippen molar-refractivity contribution in [3.05, 3.63) is 0 Å². The Morgan fingerprint density at radius 3 is 2.62 bits per heavy atom. The molecule has 0 aliphatic heterocycles. The SMILES string of the molecule is CCC(C)NCC1(C(=O)OC)CC1. The molecule has 0 aromatic rings. The van der Waals surface area contributed by atoms with Gasteiger partial charge in [-0.15, -0.1) is 0 Å². The highest BCUT2D eigenvalue weighted by atomic mass is 16.5. The second-order valence-corrected chi connectivity index (χ2v) is 3.96. The van der Waals surface area contributed by atoms with E-state index in [9.17, 15) is 4.79 Å². The van der Waals surface area contributed by atoms with Gasteiger partial charge in [-0.05, 0) is 26.2 Å². The predicted octanol–water partition coefficient (Wildman–Crippen LogP) is 1.33. The highest BCUT2D eigenvalue weighted by Crippen LogP contribution is 2.46. The molecule has 1 aliphatic carbocycles. The van der Waals surface area contributed by atoms with Crippen LogP contribution in [0, 0.1) is 5.41 Å². The summed E-state index contributed by atoms with van der Waals surface area (Å²) < 4.78 is 4.76. The fourth-order valence-corrected chi connectivity index (χ4v) is 1.33. The van der Waals surface area contributed by atoms with E-state index in [1.807, 2.05) is 0 Å². The van der Waals surface area contributed by atoms with Crippen LogP contribution in [-0.4, -0.2) is 25.7 Å². The van der Waals surface area contributed by atoms with Gasteiger partial charge in [0.15, 0.2) is 0 Å². The number of methoxy groups -OCH3 is 1. The number of hydrogen-bond donors (Lipinski definition) is 1. The zero-order valence-corrected chi connectivity index (χ0v) is 8.72. The monoisotopic (exact) mass is 185 g/mol. The number of nitrogens with one attached hydrogen (secondary N) is 1. The van der Waals surface area contributed by atoms with Crippen LogP contribution >= 0.6 is 0 Å². The van der Waals surface area contributed by atoms with Gasteiger partial charge in [0.25, 0.3) is 0 Å². The third-order valence-electron chi connectivity index (χ3n) is 2.87. The van der Waals surface area contributed by atoms with Crippen LogP contribution in [0.1, 0.15) is 33.1 Å². The van der Waals surface area contributed by atoms with Crippen molar-refractivity contribution in [3.63, 3.8) is 0 Å². The van der Waals surface area contributed by atoms with Gasteiger partial charge >= 0.3 is 5.97 Å². The third-order valence-corrected chi connectivity index (χ3v) is 2.87. The number of rotatable bonds is 5. The molecule has 1 fully saturated rings. The first-order chi connectivity index (χ1) is 6.14. The molecule has 0 bridgehead atoms. The Labute approximate surface area is 79.8 Å². The van der Waals surface area contributed by atoms with Crippen molar-refractivity contribution >= 4 is 5.97 Å². The van der Waals surface area contributed by atoms with Crippen molar-refractivity contribution in [3.8, 4) is 0 Å². The van der Waals surface area contributed by atoms with Gasteiger partial charge in [-0.25, -0.2) is 0 Å². The lowest BCUT2D eigenvalue weighted by Crippen LogP contribution is -2.35. The fraction of sp³-hybridized carbons (Fsp3) is 0.900. The molecule has 1 aliphatic rings. The maximum Gasteiger partial charge on any atom is 0.313 e. The van der Waals surface area contributed by atoms with Crippen molar-refractivity contribution in [2.75, 3.05) is 13.7 Å². The second kappa shape index (κ2) is 4.09. The molecule has 0 spiro atoms. The summed E-state index contributed by atoms with van der Waals surface area (Å²) in [6.45, 7) is 5.04. The minimum Gasteiger partial charge on any atom is -0.469 e. The van der Waals surface area contributed by atoms with E-state index >= 15 is 0 Å². The normalized spacial score (nSPS) is 20.8. The minimum atomic E-state index is -0.182. The van der Waals surface area contributed by atoms with Crippen molar-refractivity contribution in [1.82, 2.24) is 5.32 Å². The summed E-state index contributed by atoms with van der Waals surface area (Å²) in [5, 5.41) is 3.35. The van der Waals surface area contributed by atoms with E-state index < -0.39 is 0 Å². The quantitative estimate of drug-likeness (QED) is 0.657. The Hall–Kier alpha value is -0.570. The molecule has 1 atom stereocenters. The standard InChI is InChI=1S/C10H19NO2/c1-4-8(2)11-7-10(5-6-10)9(12)13-3/h8,11H,4-7H2,1-3H3. The predicted molar refractivity (Wildman–Crippen MR) is 51.4 cm³/mol. The van der Waals surface area contributed by atoms with Gasteiger partial charge in [-0.1, -0.05) is 6.92 Å². The molecule has 0 aromatic carbocycles. The van der Waals surface area contributed by atoms with E-state index in [2.05, 4.69) is 19.2 Å². The Morgan fingerprint density at radius 2 is 2.23 bits per heavy atom. The maximum absolute atomic E-state index is 11.3. The minimum absolute atomic E-state index is 0.0525. The lowest BCUT2D eigenvalue weighted by atomic mass is 10.1. The van der Waals surface area contributed by atoms with Crippen LogP contribution in [0.4, 0.5) is 0 Å². The van der Waals surface area contributed by atoms with E-state index in [1.54, 1.807) is 0 Å². The molecule has 3 heteroatoms. The molecule has 0 saturated heterocycles. The fourth-order valence-electron chi connectivity index (χ4n) is 1.33. The molecule has 3 nitrogen and oxygen atoms in total. The van der Waals surface area contributed by atoms with Gasteiger partial charge in [-0.3, -0.25) is 4.79 Å². The second-order valence-electron chi connectivity index (χ2n) is 3.96. The molecule has 0 aromatic heterocycles. The average molecular weight is 185 g/mol. The zero-order valence-electron chi connectivity index (χ0n) is 8.72. The van der Waals surface area contributed by atoms with Gasteiger partial charge in [-0.2, -0.15) is 0 Å². The van der Waals surface area contributed by atoms with Gasteiger partial charge < -0.3 is 10.1 Å². The van der Waals surface area contributed by atoms with Crippen molar-refractivity contribution in [1.29, 1.82) is 0 Å². The van der Waals surface area contributed by atoms with Crippen LogP contribution in [0.5, 0.6) is 0 Å². The molecule has 13 heavy (non-hydrogen) atoms. The average Bonchev–Trinajstić information content (AvgIpc) is 2.94. The lowest BCUT2D eigenvalue weighted by Gasteiger charge is -2.16. The molecule has 1 rings (SSSR count). The molecule has 1 saturated carbocycles. The Bertz CT molecular complexity index is 187. The van der Waals surface area contributed by atoms with E-state index in [1.165, 1.54) is 7.11 Å². The first-order valence-corrected chi connectivity index (χ1v) is 4.96. The van der Waals surface area contributed by atoms with Crippen molar-refractivity contribution in [2.45, 2.75) is 39.2 Å².